The minimum Gasteiger partial charge on any atom is -0.369 e. The molecule has 1 N–H and O–H groups in total. The highest BCUT2D eigenvalue weighted by atomic mass is 15.3. The molecule has 1 spiro atoms. The number of nitrogens with one attached hydrogen (secondary N) is 1. The highest BCUT2D eigenvalue weighted by molar-refractivity contribution is 5.89. The molecule has 23 heavy (non-hydrogen) atoms. The second-order valence-corrected chi connectivity index (χ2v) is 5.99. The van der Waals surface area contributed by atoms with Gasteiger partial charge >= 0.3 is 0 Å². The third-order valence-electron chi connectivity index (χ3n) is 5.06. The van der Waals surface area contributed by atoms with Crippen molar-refractivity contribution in [3.8, 4) is 0 Å². The zero-order valence-electron chi connectivity index (χ0n) is 15.4. The summed E-state index contributed by atoms with van der Waals surface area (Å²) in [5.41, 5.74) is 2.76. The minimum atomic E-state index is 0.423. The van der Waals surface area contributed by atoms with E-state index in [1.807, 2.05) is 40.1 Å². The summed E-state index contributed by atoms with van der Waals surface area (Å²) >= 11 is 0. The van der Waals surface area contributed by atoms with Gasteiger partial charge in [-0.2, -0.15) is 0 Å². The molecule has 4 heterocycles. The van der Waals surface area contributed by atoms with E-state index in [9.17, 15) is 0 Å². The molecule has 0 aromatic carbocycles. The van der Waals surface area contributed by atoms with Gasteiger partial charge in [-0.25, -0.2) is 4.98 Å². The van der Waals surface area contributed by atoms with Gasteiger partial charge in [-0.3, -0.25) is 4.90 Å². The molecule has 0 bridgehead atoms. The van der Waals surface area contributed by atoms with Gasteiger partial charge in [0.15, 0.2) is 0 Å². The number of aromatic amines is 1. The molecule has 1 unspecified atom stereocenters. The molecule has 0 radical (unpaired) electrons. The normalized spacial score (nSPS) is 23.6. The first-order valence-electron chi connectivity index (χ1n) is 9.17. The summed E-state index contributed by atoms with van der Waals surface area (Å²) in [6, 6.07) is 4.30. The first-order valence-corrected chi connectivity index (χ1v) is 9.17. The van der Waals surface area contributed by atoms with Crippen molar-refractivity contribution in [1.29, 1.82) is 0 Å². The predicted octanol–water partition coefficient (Wildman–Crippen LogP) is 4.29. The first kappa shape index (κ1) is 17.8. The summed E-state index contributed by atoms with van der Waals surface area (Å²) in [5, 5.41) is 1.25. The molecule has 0 saturated carbocycles. The molecular formula is C19H32N4. The van der Waals surface area contributed by atoms with Gasteiger partial charge in [0.1, 0.15) is 5.65 Å². The van der Waals surface area contributed by atoms with Gasteiger partial charge in [-0.15, -0.1) is 0 Å². The molecule has 2 aromatic heterocycles. The quantitative estimate of drug-likeness (QED) is 0.852. The molecule has 2 aliphatic heterocycles. The van der Waals surface area contributed by atoms with Gasteiger partial charge in [-0.05, 0) is 45.0 Å². The molecule has 2 aliphatic rings. The third kappa shape index (κ3) is 3.23. The Morgan fingerprint density at radius 1 is 1.09 bits per heavy atom. The number of likely N-dealkylation sites (tertiary alicyclic amines) is 1. The first-order chi connectivity index (χ1) is 11.3. The van der Waals surface area contributed by atoms with Gasteiger partial charge in [0.2, 0.25) is 0 Å². The van der Waals surface area contributed by atoms with E-state index in [0.717, 1.165) is 18.7 Å². The molecule has 2 saturated heterocycles. The number of aromatic nitrogens is 2. The summed E-state index contributed by atoms with van der Waals surface area (Å²) in [7, 11) is 2.29. The van der Waals surface area contributed by atoms with E-state index < -0.39 is 0 Å². The van der Waals surface area contributed by atoms with E-state index in [4.69, 9.17) is 0 Å². The average molecular weight is 316 g/mol. The van der Waals surface area contributed by atoms with Crippen molar-refractivity contribution in [1.82, 2.24) is 14.9 Å². The number of likely N-dealkylation sites (N-methyl/N-ethyl adjacent to an activating group) is 1. The Morgan fingerprint density at radius 3 is 2.57 bits per heavy atom. The number of pyridine rings is 1. The summed E-state index contributed by atoms with van der Waals surface area (Å²) in [4.78, 5) is 12.7. The number of fused-ring (bicyclic) bond motifs is 1. The van der Waals surface area contributed by atoms with Crippen LogP contribution < -0.4 is 4.90 Å². The minimum absolute atomic E-state index is 0.423. The van der Waals surface area contributed by atoms with Gasteiger partial charge < -0.3 is 9.88 Å². The highest BCUT2D eigenvalue weighted by Gasteiger charge is 2.44. The van der Waals surface area contributed by atoms with Crippen LogP contribution in [0.1, 0.15) is 47.0 Å². The molecule has 4 nitrogen and oxygen atoms in total. The van der Waals surface area contributed by atoms with Crippen LogP contribution in [0.5, 0.6) is 0 Å². The van der Waals surface area contributed by atoms with Crippen LogP contribution in [0.25, 0.3) is 11.0 Å². The maximum Gasteiger partial charge on any atom is 0.139 e. The van der Waals surface area contributed by atoms with Crippen LogP contribution >= 0.6 is 0 Å². The van der Waals surface area contributed by atoms with Crippen molar-refractivity contribution < 1.29 is 0 Å². The molecule has 0 amide bonds. The number of hydrogen-bond donors (Lipinski definition) is 1. The van der Waals surface area contributed by atoms with Crippen molar-refractivity contribution in [2.24, 2.45) is 0 Å². The molecular weight excluding hydrogens is 284 g/mol. The van der Waals surface area contributed by atoms with E-state index >= 15 is 0 Å². The predicted molar refractivity (Wildman–Crippen MR) is 100 cm³/mol. The number of nitrogens with zero attached hydrogens (tertiary/aromatic N) is 3. The lowest BCUT2D eigenvalue weighted by Crippen LogP contribution is -2.43. The number of rotatable bonds is 1. The second kappa shape index (κ2) is 7.82. The molecule has 1 atom stereocenters. The zero-order chi connectivity index (χ0) is 16.9. The van der Waals surface area contributed by atoms with E-state index in [-0.39, 0.29) is 0 Å². The van der Waals surface area contributed by atoms with Crippen LogP contribution in [0.15, 0.2) is 24.5 Å². The summed E-state index contributed by atoms with van der Waals surface area (Å²) < 4.78 is 0. The van der Waals surface area contributed by atoms with Crippen LogP contribution in [-0.2, 0) is 0 Å². The topological polar surface area (TPSA) is 35.2 Å². The fourth-order valence-electron chi connectivity index (χ4n) is 3.87. The maximum atomic E-state index is 4.38. The Balaban J connectivity index is 0.000000448. The smallest absolute Gasteiger partial charge is 0.139 e. The Kier molecular flexibility index (Phi) is 6.05. The average Bonchev–Trinajstić information content (AvgIpc) is 3.33. The van der Waals surface area contributed by atoms with Crippen molar-refractivity contribution in [2.75, 3.05) is 31.6 Å². The van der Waals surface area contributed by atoms with Crippen LogP contribution in [0, 0.1) is 0 Å². The lowest BCUT2D eigenvalue weighted by atomic mass is 9.96. The number of anilines is 1. The molecule has 2 fully saturated rings. The largest absolute Gasteiger partial charge is 0.369 e. The van der Waals surface area contributed by atoms with Crippen LogP contribution in [0.2, 0.25) is 0 Å². The Hall–Kier alpha value is -1.55. The van der Waals surface area contributed by atoms with E-state index in [1.54, 1.807) is 0 Å². The summed E-state index contributed by atoms with van der Waals surface area (Å²) in [5.74, 6) is 0. The fraction of sp³-hybridized carbons (Fsp3) is 0.632. The van der Waals surface area contributed by atoms with Gasteiger partial charge in [0.05, 0.1) is 0 Å². The number of H-pyrrole nitrogens is 1. The standard InChI is InChI=1S/C15H20N4.2C2H6/c1-18-9-2-5-15(18)6-10-19(11-15)13-4-8-17-14-12(13)3-7-16-14;2*1-2/h3-4,7-8H,2,5-6,9-11H2,1H3,(H,16,17);2*1-2H3. The SMILES string of the molecule is CC.CC.CN1CCCC12CCN(c1ccnc3[nH]ccc13)C2. The van der Waals surface area contributed by atoms with E-state index in [0.29, 0.717) is 5.54 Å². The Labute approximate surface area is 140 Å². The van der Waals surface area contributed by atoms with Crippen molar-refractivity contribution >= 4 is 16.7 Å². The van der Waals surface area contributed by atoms with Gasteiger partial charge in [0, 0.05) is 42.1 Å². The Bertz CT molecular complexity index is 606. The molecule has 4 heteroatoms. The van der Waals surface area contributed by atoms with E-state index in [1.165, 1.54) is 36.9 Å². The van der Waals surface area contributed by atoms with Gasteiger partial charge in [0.25, 0.3) is 0 Å². The van der Waals surface area contributed by atoms with Gasteiger partial charge in [-0.1, -0.05) is 27.7 Å². The van der Waals surface area contributed by atoms with Crippen molar-refractivity contribution in [3.05, 3.63) is 24.5 Å². The van der Waals surface area contributed by atoms with E-state index in [2.05, 4.69) is 38.9 Å². The lowest BCUT2D eigenvalue weighted by molar-refractivity contribution is 0.198. The molecule has 4 rings (SSSR count). The fourth-order valence-corrected chi connectivity index (χ4v) is 3.87. The van der Waals surface area contributed by atoms with Crippen LogP contribution in [-0.4, -0.2) is 47.1 Å². The third-order valence-corrected chi connectivity index (χ3v) is 5.06. The maximum absolute atomic E-state index is 4.38. The number of hydrogen-bond acceptors (Lipinski definition) is 3. The van der Waals surface area contributed by atoms with Crippen molar-refractivity contribution in [3.63, 3.8) is 0 Å². The summed E-state index contributed by atoms with van der Waals surface area (Å²) in [6.45, 7) is 11.6. The zero-order valence-corrected chi connectivity index (χ0v) is 15.4. The summed E-state index contributed by atoms with van der Waals surface area (Å²) in [6.07, 6.45) is 7.88. The van der Waals surface area contributed by atoms with Crippen LogP contribution in [0.4, 0.5) is 5.69 Å². The monoisotopic (exact) mass is 316 g/mol. The Morgan fingerprint density at radius 2 is 1.87 bits per heavy atom. The van der Waals surface area contributed by atoms with Crippen molar-refractivity contribution in [2.45, 2.75) is 52.5 Å². The second-order valence-electron chi connectivity index (χ2n) is 5.99. The lowest BCUT2D eigenvalue weighted by Gasteiger charge is -2.32. The molecule has 2 aromatic rings. The van der Waals surface area contributed by atoms with Crippen LogP contribution in [0.3, 0.4) is 0 Å². The molecule has 0 aliphatic carbocycles. The molecule has 128 valence electrons. The highest BCUT2D eigenvalue weighted by Crippen LogP contribution is 2.39.